The van der Waals surface area contributed by atoms with Gasteiger partial charge in [0.1, 0.15) is 22.8 Å². The maximum atomic E-state index is 13.5. The maximum Gasteiger partial charge on any atom is 0.457 e. The highest BCUT2D eigenvalue weighted by Gasteiger charge is 2.53. The first-order valence-corrected chi connectivity index (χ1v) is 16.3. The average Bonchev–Trinajstić information content (AvgIpc) is 3.07. The molecule has 12 nitrogen and oxygen atoms in total. The SMILES string of the molecule is CC[C@H](C)[C@H](NC(=O)OC(C)(C)C)C(=O)N[C@H]1CCN(C(=O)OC(C)(C)C)[C@@](CCCCB2OC(C)(C)C(C)(C)O2)(C(=O)O)C1. The van der Waals surface area contributed by atoms with Crippen LogP contribution in [0.15, 0.2) is 0 Å². The summed E-state index contributed by atoms with van der Waals surface area (Å²) in [5.41, 5.74) is -4.10. The van der Waals surface area contributed by atoms with Crippen molar-refractivity contribution in [3.05, 3.63) is 0 Å². The number of carbonyl (C=O) groups is 4. The molecule has 45 heavy (non-hydrogen) atoms. The second-order valence-electron chi connectivity index (χ2n) is 15.6. The van der Waals surface area contributed by atoms with E-state index < -0.39 is 71.2 Å². The first-order valence-electron chi connectivity index (χ1n) is 16.3. The quantitative estimate of drug-likeness (QED) is 0.196. The largest absolute Gasteiger partial charge is 0.479 e. The predicted octanol–water partition coefficient (Wildman–Crippen LogP) is 5.53. The molecule has 0 spiro atoms. The first kappa shape index (κ1) is 38.6. The molecule has 0 aliphatic carbocycles. The van der Waals surface area contributed by atoms with Crippen LogP contribution in [0.4, 0.5) is 9.59 Å². The lowest BCUT2D eigenvalue weighted by atomic mass is 9.77. The number of aliphatic carboxylic acids is 1. The number of likely N-dealkylation sites (tertiary alicyclic amines) is 1. The molecule has 2 aliphatic rings. The zero-order valence-electron chi connectivity index (χ0n) is 29.6. The number of carbonyl (C=O) groups excluding carboxylic acids is 3. The summed E-state index contributed by atoms with van der Waals surface area (Å²) in [4.78, 5) is 53.9. The molecular formula is C32H58BN3O9. The molecule has 3 N–H and O–H groups in total. The van der Waals surface area contributed by atoms with Crippen molar-refractivity contribution < 1.29 is 43.1 Å². The lowest BCUT2D eigenvalue weighted by molar-refractivity contribution is -0.155. The van der Waals surface area contributed by atoms with E-state index in [1.807, 2.05) is 41.5 Å². The number of piperidine rings is 1. The van der Waals surface area contributed by atoms with Gasteiger partial charge in [0.2, 0.25) is 5.91 Å². The lowest BCUT2D eigenvalue weighted by Gasteiger charge is -2.47. The van der Waals surface area contributed by atoms with E-state index in [9.17, 15) is 24.3 Å². The van der Waals surface area contributed by atoms with Crippen molar-refractivity contribution in [3.8, 4) is 0 Å². The Morgan fingerprint density at radius 2 is 1.53 bits per heavy atom. The van der Waals surface area contributed by atoms with E-state index in [4.69, 9.17) is 18.8 Å². The molecule has 0 radical (unpaired) electrons. The van der Waals surface area contributed by atoms with Crippen LogP contribution >= 0.6 is 0 Å². The highest BCUT2D eigenvalue weighted by molar-refractivity contribution is 6.45. The van der Waals surface area contributed by atoms with Crippen LogP contribution in [0.1, 0.15) is 122 Å². The van der Waals surface area contributed by atoms with Gasteiger partial charge in [-0.05, 0) is 94.3 Å². The summed E-state index contributed by atoms with van der Waals surface area (Å²) in [6.45, 7) is 22.2. The third kappa shape index (κ3) is 10.5. The Balaban J connectivity index is 2.24. The number of hydrogen-bond acceptors (Lipinski definition) is 8. The summed E-state index contributed by atoms with van der Waals surface area (Å²) in [6, 6.07) is -1.43. The molecule has 2 aliphatic heterocycles. The van der Waals surface area contributed by atoms with Gasteiger partial charge in [-0.15, -0.1) is 0 Å². The van der Waals surface area contributed by atoms with Crippen LogP contribution in [0.2, 0.25) is 6.32 Å². The number of alkyl carbamates (subject to hydrolysis) is 1. The zero-order valence-corrected chi connectivity index (χ0v) is 29.6. The fraction of sp³-hybridized carbons (Fsp3) is 0.875. The number of carboxylic acids is 1. The van der Waals surface area contributed by atoms with Crippen LogP contribution in [0.25, 0.3) is 0 Å². The minimum Gasteiger partial charge on any atom is -0.479 e. The van der Waals surface area contributed by atoms with Gasteiger partial charge < -0.3 is 34.5 Å². The smallest absolute Gasteiger partial charge is 0.457 e. The van der Waals surface area contributed by atoms with Gasteiger partial charge in [0.15, 0.2) is 0 Å². The fourth-order valence-corrected chi connectivity index (χ4v) is 5.61. The van der Waals surface area contributed by atoms with E-state index in [0.717, 1.165) is 0 Å². The van der Waals surface area contributed by atoms with Crippen molar-refractivity contribution in [2.45, 2.75) is 168 Å². The highest BCUT2D eigenvalue weighted by Crippen LogP contribution is 2.39. The Labute approximate surface area is 270 Å². The van der Waals surface area contributed by atoms with Crippen molar-refractivity contribution in [1.29, 1.82) is 0 Å². The summed E-state index contributed by atoms with van der Waals surface area (Å²) in [6.07, 6.45) is 1.34. The standard InChI is InChI=1S/C32H58BN3O9/c1-13-21(2)23(35-26(40)42-28(3,4)5)24(37)34-22-16-19-36(27(41)43-29(6,7)8)32(20-22,25(38)39)17-14-15-18-33-44-30(9,10)31(11,12)45-33/h21-23H,13-20H2,1-12H3,(H,34,37)(H,35,40)(H,38,39)/t21-,22-,23-,32+/m0/s1. The number of amides is 3. The van der Waals surface area contributed by atoms with Crippen molar-refractivity contribution in [2.24, 2.45) is 5.92 Å². The summed E-state index contributed by atoms with van der Waals surface area (Å²) in [5.74, 6) is -1.79. The third-order valence-corrected chi connectivity index (χ3v) is 8.91. The van der Waals surface area contributed by atoms with Gasteiger partial charge in [0.25, 0.3) is 0 Å². The zero-order chi connectivity index (χ0) is 34.6. The number of ether oxygens (including phenoxy) is 2. The second kappa shape index (κ2) is 14.5. The van der Waals surface area contributed by atoms with Crippen molar-refractivity contribution in [3.63, 3.8) is 0 Å². The minimum atomic E-state index is -1.61. The number of rotatable bonds is 11. The number of hydrogen-bond donors (Lipinski definition) is 3. The van der Waals surface area contributed by atoms with Crippen LogP contribution in [0.3, 0.4) is 0 Å². The Kier molecular flexibility index (Phi) is 12.4. The lowest BCUT2D eigenvalue weighted by Crippen LogP contribution is -2.65. The van der Waals surface area contributed by atoms with Crippen LogP contribution in [0.5, 0.6) is 0 Å². The molecule has 2 saturated heterocycles. The molecule has 2 heterocycles. The highest BCUT2D eigenvalue weighted by atomic mass is 16.7. The number of nitrogens with zero attached hydrogens (tertiary/aromatic N) is 1. The van der Waals surface area contributed by atoms with Gasteiger partial charge in [-0.2, -0.15) is 0 Å². The van der Waals surface area contributed by atoms with Gasteiger partial charge >= 0.3 is 25.3 Å². The summed E-state index contributed by atoms with van der Waals surface area (Å²) < 4.78 is 23.2. The molecule has 0 saturated carbocycles. The summed E-state index contributed by atoms with van der Waals surface area (Å²) >= 11 is 0. The summed E-state index contributed by atoms with van der Waals surface area (Å²) in [5, 5.41) is 16.4. The van der Waals surface area contributed by atoms with Gasteiger partial charge in [0.05, 0.1) is 11.2 Å². The molecule has 0 aromatic carbocycles. The van der Waals surface area contributed by atoms with Gasteiger partial charge in [-0.3, -0.25) is 9.69 Å². The van der Waals surface area contributed by atoms with Gasteiger partial charge in [0, 0.05) is 19.0 Å². The molecule has 258 valence electrons. The Morgan fingerprint density at radius 1 is 0.978 bits per heavy atom. The number of unbranched alkanes of at least 4 members (excludes halogenated alkanes) is 1. The topological polar surface area (TPSA) is 153 Å². The molecule has 13 heteroatoms. The Hall–Kier alpha value is -2.54. The van der Waals surface area contributed by atoms with Gasteiger partial charge in [-0.25, -0.2) is 14.4 Å². The Morgan fingerprint density at radius 3 is 2.02 bits per heavy atom. The molecule has 2 rings (SSSR count). The molecule has 2 fully saturated rings. The molecule has 0 unspecified atom stereocenters. The average molecular weight is 640 g/mol. The van der Waals surface area contributed by atoms with Crippen LogP contribution < -0.4 is 10.6 Å². The van der Waals surface area contributed by atoms with Crippen LogP contribution in [-0.4, -0.2) is 87.8 Å². The van der Waals surface area contributed by atoms with Gasteiger partial charge in [-0.1, -0.05) is 33.1 Å². The fourth-order valence-electron chi connectivity index (χ4n) is 5.61. The van der Waals surface area contributed by atoms with E-state index in [2.05, 4.69) is 10.6 Å². The van der Waals surface area contributed by atoms with Crippen molar-refractivity contribution in [1.82, 2.24) is 15.5 Å². The molecular weight excluding hydrogens is 581 g/mol. The van der Waals surface area contributed by atoms with E-state index in [0.29, 0.717) is 32.0 Å². The van der Waals surface area contributed by atoms with Crippen molar-refractivity contribution in [2.75, 3.05) is 6.54 Å². The number of carboxylic acid groups (broad SMARTS) is 1. The van der Waals surface area contributed by atoms with E-state index in [-0.39, 0.29) is 25.3 Å². The van der Waals surface area contributed by atoms with E-state index in [1.54, 1.807) is 41.5 Å². The number of nitrogens with one attached hydrogen (secondary N) is 2. The summed E-state index contributed by atoms with van der Waals surface area (Å²) in [7, 11) is -0.411. The molecule has 0 aromatic heterocycles. The molecule has 0 bridgehead atoms. The third-order valence-electron chi connectivity index (χ3n) is 8.91. The maximum absolute atomic E-state index is 13.5. The second-order valence-corrected chi connectivity index (χ2v) is 15.6. The van der Waals surface area contributed by atoms with Crippen LogP contribution in [0, 0.1) is 5.92 Å². The van der Waals surface area contributed by atoms with Crippen LogP contribution in [-0.2, 0) is 28.4 Å². The first-order chi connectivity index (χ1) is 20.4. The Bertz CT molecular complexity index is 1050. The monoisotopic (exact) mass is 639 g/mol. The predicted molar refractivity (Wildman–Crippen MR) is 172 cm³/mol. The van der Waals surface area contributed by atoms with E-state index >= 15 is 0 Å². The van der Waals surface area contributed by atoms with Crippen molar-refractivity contribution >= 4 is 31.2 Å². The normalized spacial score (nSPS) is 24.4. The van der Waals surface area contributed by atoms with E-state index in [1.165, 1.54) is 4.90 Å². The molecule has 0 aromatic rings. The molecule has 3 amide bonds. The molecule has 4 atom stereocenters. The minimum absolute atomic E-state index is 0.0104.